The Hall–Kier alpha value is -2.23. The fraction of sp³-hybridized carbons (Fsp3) is 0.200. The number of hydrogen-bond acceptors (Lipinski definition) is 3. The Morgan fingerprint density at radius 2 is 1.79 bits per heavy atom. The van der Waals surface area contributed by atoms with Gasteiger partial charge < -0.3 is 14.5 Å². The van der Waals surface area contributed by atoms with Gasteiger partial charge in [0.1, 0.15) is 17.3 Å². The molecule has 0 atom stereocenters. The average molecular weight is 342 g/mol. The lowest BCUT2D eigenvalue weighted by molar-refractivity contribution is 0.414. The number of benzene rings is 2. The predicted molar refractivity (Wildman–Crippen MR) is 97.4 cm³/mol. The Morgan fingerprint density at radius 1 is 1.00 bits per heavy atom. The highest BCUT2D eigenvalue weighted by atomic mass is 35.5. The van der Waals surface area contributed by atoms with Crippen molar-refractivity contribution in [2.45, 2.75) is 20.0 Å². The first kappa shape index (κ1) is 16.6. The molecular weight excluding hydrogens is 322 g/mol. The molecule has 0 fully saturated rings. The summed E-state index contributed by atoms with van der Waals surface area (Å²) >= 11 is 6.18. The van der Waals surface area contributed by atoms with E-state index in [0.29, 0.717) is 6.54 Å². The van der Waals surface area contributed by atoms with Gasteiger partial charge in [-0.15, -0.1) is 0 Å². The van der Waals surface area contributed by atoms with Gasteiger partial charge in [0.2, 0.25) is 0 Å². The molecule has 124 valence electrons. The molecule has 3 rings (SSSR count). The van der Waals surface area contributed by atoms with Crippen molar-refractivity contribution in [3.8, 4) is 17.1 Å². The predicted octanol–water partition coefficient (Wildman–Crippen LogP) is 5.21. The van der Waals surface area contributed by atoms with Gasteiger partial charge in [-0.3, -0.25) is 0 Å². The second-order valence-electron chi connectivity index (χ2n) is 5.63. The molecule has 0 radical (unpaired) electrons. The normalized spacial score (nSPS) is 10.8. The van der Waals surface area contributed by atoms with Gasteiger partial charge in [0.05, 0.1) is 13.7 Å². The highest BCUT2D eigenvalue weighted by molar-refractivity contribution is 6.31. The van der Waals surface area contributed by atoms with Gasteiger partial charge in [0, 0.05) is 17.1 Å². The molecule has 3 nitrogen and oxygen atoms in total. The van der Waals surface area contributed by atoms with Gasteiger partial charge in [-0.2, -0.15) is 0 Å². The van der Waals surface area contributed by atoms with E-state index >= 15 is 0 Å². The first-order valence-corrected chi connectivity index (χ1v) is 8.23. The third kappa shape index (κ3) is 3.81. The molecule has 2 aromatic carbocycles. The smallest absolute Gasteiger partial charge is 0.134 e. The van der Waals surface area contributed by atoms with Crippen LogP contribution in [-0.2, 0) is 13.1 Å². The Bertz CT molecular complexity index is 809. The van der Waals surface area contributed by atoms with Crippen LogP contribution in [0.4, 0.5) is 0 Å². The molecule has 0 spiro atoms. The summed E-state index contributed by atoms with van der Waals surface area (Å²) in [6.07, 6.45) is 0. The van der Waals surface area contributed by atoms with Crippen LogP contribution >= 0.6 is 11.6 Å². The van der Waals surface area contributed by atoms with Crippen LogP contribution in [0.5, 0.6) is 5.75 Å². The summed E-state index contributed by atoms with van der Waals surface area (Å²) in [6.45, 7) is 3.45. The van der Waals surface area contributed by atoms with Crippen LogP contribution in [0.25, 0.3) is 11.3 Å². The minimum Gasteiger partial charge on any atom is -0.497 e. The zero-order valence-electron chi connectivity index (χ0n) is 13.8. The summed E-state index contributed by atoms with van der Waals surface area (Å²) in [5.74, 6) is 2.61. The van der Waals surface area contributed by atoms with Crippen molar-refractivity contribution in [1.82, 2.24) is 5.32 Å². The van der Waals surface area contributed by atoms with Crippen LogP contribution in [-0.4, -0.2) is 7.11 Å². The van der Waals surface area contributed by atoms with Gasteiger partial charge in [-0.1, -0.05) is 35.9 Å². The summed E-state index contributed by atoms with van der Waals surface area (Å²) in [7, 11) is 1.67. The standard InChI is InChI=1S/C20H20ClNO2/c1-14-18(4-3-5-19(14)21)20-11-10-17(24-20)13-22-12-15-6-8-16(23-2)9-7-15/h3-11,22H,12-13H2,1-2H3. The van der Waals surface area contributed by atoms with E-state index in [4.69, 9.17) is 20.8 Å². The zero-order valence-corrected chi connectivity index (χ0v) is 14.6. The number of furan rings is 1. The fourth-order valence-electron chi connectivity index (χ4n) is 2.57. The highest BCUT2D eigenvalue weighted by Crippen LogP contribution is 2.29. The monoisotopic (exact) mass is 341 g/mol. The minimum atomic E-state index is 0.672. The van der Waals surface area contributed by atoms with Crippen molar-refractivity contribution >= 4 is 11.6 Å². The van der Waals surface area contributed by atoms with E-state index in [1.54, 1.807) is 7.11 Å². The zero-order chi connectivity index (χ0) is 16.9. The Labute approximate surface area is 147 Å². The SMILES string of the molecule is COc1ccc(CNCc2ccc(-c3cccc(Cl)c3C)o2)cc1. The molecule has 3 aromatic rings. The number of ether oxygens (including phenoxy) is 1. The summed E-state index contributed by atoms with van der Waals surface area (Å²) in [4.78, 5) is 0. The van der Waals surface area contributed by atoms with E-state index in [2.05, 4.69) is 17.4 Å². The van der Waals surface area contributed by atoms with E-state index in [9.17, 15) is 0 Å². The maximum Gasteiger partial charge on any atom is 0.134 e. The molecule has 0 aliphatic carbocycles. The van der Waals surface area contributed by atoms with Crippen molar-refractivity contribution in [1.29, 1.82) is 0 Å². The molecule has 24 heavy (non-hydrogen) atoms. The third-order valence-corrected chi connectivity index (χ3v) is 4.39. The van der Waals surface area contributed by atoms with Crippen molar-refractivity contribution in [3.05, 3.63) is 76.5 Å². The first-order valence-electron chi connectivity index (χ1n) is 7.85. The molecule has 0 unspecified atom stereocenters. The second kappa shape index (κ2) is 7.56. The maximum atomic E-state index is 6.18. The number of rotatable bonds is 6. The van der Waals surface area contributed by atoms with Gasteiger partial charge in [0.15, 0.2) is 0 Å². The van der Waals surface area contributed by atoms with E-state index < -0.39 is 0 Å². The van der Waals surface area contributed by atoms with Crippen molar-refractivity contribution < 1.29 is 9.15 Å². The average Bonchev–Trinajstić information content (AvgIpc) is 3.06. The summed E-state index contributed by atoms with van der Waals surface area (Å²) in [5, 5.41) is 4.14. The Balaban J connectivity index is 1.61. The molecule has 0 saturated carbocycles. The summed E-state index contributed by atoms with van der Waals surface area (Å²) < 4.78 is 11.1. The van der Waals surface area contributed by atoms with E-state index in [0.717, 1.165) is 40.0 Å². The molecule has 0 aliphatic rings. The topological polar surface area (TPSA) is 34.4 Å². The Morgan fingerprint density at radius 3 is 2.54 bits per heavy atom. The molecular formula is C20H20ClNO2. The number of methoxy groups -OCH3 is 1. The molecule has 1 heterocycles. The van der Waals surface area contributed by atoms with Gasteiger partial charge >= 0.3 is 0 Å². The van der Waals surface area contributed by atoms with Crippen LogP contribution in [0.3, 0.4) is 0 Å². The molecule has 4 heteroatoms. The van der Waals surface area contributed by atoms with Crippen LogP contribution in [0.1, 0.15) is 16.9 Å². The van der Waals surface area contributed by atoms with Crippen molar-refractivity contribution in [2.24, 2.45) is 0 Å². The van der Waals surface area contributed by atoms with Gasteiger partial charge in [-0.25, -0.2) is 0 Å². The molecule has 0 aliphatic heterocycles. The number of hydrogen-bond donors (Lipinski definition) is 1. The second-order valence-corrected chi connectivity index (χ2v) is 6.04. The van der Waals surface area contributed by atoms with Crippen LogP contribution in [0, 0.1) is 6.92 Å². The number of nitrogens with one attached hydrogen (secondary N) is 1. The van der Waals surface area contributed by atoms with Gasteiger partial charge in [0.25, 0.3) is 0 Å². The molecule has 1 aromatic heterocycles. The largest absolute Gasteiger partial charge is 0.497 e. The molecule has 0 saturated heterocycles. The maximum absolute atomic E-state index is 6.18. The lowest BCUT2D eigenvalue weighted by Gasteiger charge is -2.06. The third-order valence-electron chi connectivity index (χ3n) is 3.98. The molecule has 0 amide bonds. The lowest BCUT2D eigenvalue weighted by Crippen LogP contribution is -2.11. The summed E-state index contributed by atoms with van der Waals surface area (Å²) in [5.41, 5.74) is 3.27. The number of halogens is 1. The van der Waals surface area contributed by atoms with E-state index in [1.807, 2.05) is 49.4 Å². The highest BCUT2D eigenvalue weighted by Gasteiger charge is 2.09. The van der Waals surface area contributed by atoms with Crippen molar-refractivity contribution in [3.63, 3.8) is 0 Å². The van der Waals surface area contributed by atoms with Crippen LogP contribution in [0.2, 0.25) is 5.02 Å². The summed E-state index contributed by atoms with van der Waals surface area (Å²) in [6, 6.07) is 17.9. The van der Waals surface area contributed by atoms with E-state index in [-0.39, 0.29) is 0 Å². The van der Waals surface area contributed by atoms with Crippen LogP contribution < -0.4 is 10.1 Å². The van der Waals surface area contributed by atoms with E-state index in [1.165, 1.54) is 5.56 Å². The first-order chi connectivity index (χ1) is 11.7. The fourth-order valence-corrected chi connectivity index (χ4v) is 2.74. The Kier molecular flexibility index (Phi) is 5.24. The van der Waals surface area contributed by atoms with Crippen LogP contribution in [0.15, 0.2) is 59.0 Å². The lowest BCUT2D eigenvalue weighted by atomic mass is 10.1. The van der Waals surface area contributed by atoms with Gasteiger partial charge in [-0.05, 0) is 48.4 Å². The van der Waals surface area contributed by atoms with Crippen molar-refractivity contribution in [2.75, 3.05) is 7.11 Å². The molecule has 0 bridgehead atoms. The minimum absolute atomic E-state index is 0.672. The quantitative estimate of drug-likeness (QED) is 0.668. The molecule has 1 N–H and O–H groups in total.